The molecular weight excluding hydrogens is 327 g/mol. The molecule has 0 saturated carbocycles. The predicted molar refractivity (Wildman–Crippen MR) is 94.7 cm³/mol. The van der Waals surface area contributed by atoms with Crippen LogP contribution in [0, 0.1) is 5.82 Å². The van der Waals surface area contributed by atoms with E-state index in [0.29, 0.717) is 4.83 Å². The molecule has 0 fully saturated rings. The zero-order valence-corrected chi connectivity index (χ0v) is 15.0. The van der Waals surface area contributed by atoms with Crippen molar-refractivity contribution < 1.29 is 4.39 Å². The van der Waals surface area contributed by atoms with Gasteiger partial charge in [-0.1, -0.05) is 92.8 Å². The van der Waals surface area contributed by atoms with Crippen LogP contribution in [0.15, 0.2) is 24.3 Å². The number of hydrogen-bond acceptors (Lipinski definition) is 0. The Hall–Kier alpha value is -0.370. The molecule has 21 heavy (non-hydrogen) atoms. The van der Waals surface area contributed by atoms with Gasteiger partial charge in [-0.2, -0.15) is 0 Å². The average Bonchev–Trinajstić information content (AvgIpc) is 2.48. The summed E-state index contributed by atoms with van der Waals surface area (Å²) in [6.07, 6.45) is 14.6. The standard InChI is InChI=1S/C19H30BrF/c1-2-3-4-5-6-7-8-9-10-11-18(20)16-17-12-14-19(21)15-13-17/h12-15,18H,2-11,16H2,1H3. The van der Waals surface area contributed by atoms with Crippen molar-refractivity contribution in [3.8, 4) is 0 Å². The Morgan fingerprint density at radius 2 is 1.38 bits per heavy atom. The van der Waals surface area contributed by atoms with Gasteiger partial charge in [-0.3, -0.25) is 0 Å². The molecule has 1 unspecified atom stereocenters. The fourth-order valence-corrected chi connectivity index (χ4v) is 3.35. The minimum Gasteiger partial charge on any atom is -0.207 e. The summed E-state index contributed by atoms with van der Waals surface area (Å²) in [5.74, 6) is -0.149. The quantitative estimate of drug-likeness (QED) is 0.278. The molecule has 0 aliphatic heterocycles. The number of unbranched alkanes of at least 4 members (excludes halogenated alkanes) is 8. The van der Waals surface area contributed by atoms with Crippen molar-refractivity contribution in [1.29, 1.82) is 0 Å². The molecule has 120 valence electrons. The van der Waals surface area contributed by atoms with Crippen LogP contribution in [-0.2, 0) is 6.42 Å². The first-order valence-corrected chi connectivity index (χ1v) is 9.52. The van der Waals surface area contributed by atoms with E-state index in [0.717, 1.165) is 6.42 Å². The maximum Gasteiger partial charge on any atom is 0.123 e. The van der Waals surface area contributed by atoms with Crippen molar-refractivity contribution in [2.24, 2.45) is 0 Å². The lowest BCUT2D eigenvalue weighted by Crippen LogP contribution is -2.02. The highest BCUT2D eigenvalue weighted by Crippen LogP contribution is 2.18. The number of alkyl halides is 1. The Labute approximate surface area is 138 Å². The molecule has 2 heteroatoms. The van der Waals surface area contributed by atoms with Crippen LogP contribution in [-0.4, -0.2) is 4.83 Å². The molecule has 0 nitrogen and oxygen atoms in total. The van der Waals surface area contributed by atoms with Gasteiger partial charge in [0.15, 0.2) is 0 Å². The summed E-state index contributed by atoms with van der Waals surface area (Å²) >= 11 is 3.75. The van der Waals surface area contributed by atoms with Crippen LogP contribution in [0.5, 0.6) is 0 Å². The molecule has 0 aliphatic carbocycles. The van der Waals surface area contributed by atoms with Crippen LogP contribution in [0.4, 0.5) is 4.39 Å². The third kappa shape index (κ3) is 10.1. The molecule has 0 bridgehead atoms. The normalized spacial score (nSPS) is 12.5. The molecule has 0 amide bonds. The molecular formula is C19H30BrF. The molecule has 1 aromatic carbocycles. The molecule has 0 radical (unpaired) electrons. The molecule has 0 aliphatic rings. The second-order valence-corrected chi connectivity index (χ2v) is 7.34. The summed E-state index contributed by atoms with van der Waals surface area (Å²) in [6, 6.07) is 6.88. The zero-order valence-electron chi connectivity index (χ0n) is 13.4. The lowest BCUT2D eigenvalue weighted by atomic mass is 10.0. The van der Waals surface area contributed by atoms with Gasteiger partial charge in [0, 0.05) is 4.83 Å². The van der Waals surface area contributed by atoms with E-state index in [1.807, 2.05) is 12.1 Å². The first-order chi connectivity index (χ1) is 10.2. The molecule has 0 aromatic heterocycles. The van der Waals surface area contributed by atoms with Gasteiger partial charge < -0.3 is 0 Å². The SMILES string of the molecule is CCCCCCCCCCCC(Br)Cc1ccc(F)cc1. The summed E-state index contributed by atoms with van der Waals surface area (Å²) in [5.41, 5.74) is 1.22. The van der Waals surface area contributed by atoms with Crippen LogP contribution in [0.1, 0.15) is 76.7 Å². The summed E-state index contributed by atoms with van der Waals surface area (Å²) in [4.78, 5) is 0.521. The maximum absolute atomic E-state index is 12.8. The minimum atomic E-state index is -0.149. The number of halogens is 2. The average molecular weight is 357 g/mol. The van der Waals surface area contributed by atoms with E-state index in [9.17, 15) is 4.39 Å². The Morgan fingerprint density at radius 3 is 1.95 bits per heavy atom. The van der Waals surface area contributed by atoms with Crippen molar-refractivity contribution in [2.75, 3.05) is 0 Å². The third-order valence-corrected chi connectivity index (χ3v) is 4.77. The highest BCUT2D eigenvalue weighted by atomic mass is 79.9. The van der Waals surface area contributed by atoms with Gasteiger partial charge in [0.2, 0.25) is 0 Å². The Balaban J connectivity index is 1.96. The van der Waals surface area contributed by atoms with E-state index in [2.05, 4.69) is 22.9 Å². The Bertz CT molecular complexity index is 347. The highest BCUT2D eigenvalue weighted by molar-refractivity contribution is 9.09. The molecule has 1 atom stereocenters. The lowest BCUT2D eigenvalue weighted by Gasteiger charge is -2.09. The number of hydrogen-bond donors (Lipinski definition) is 0. The smallest absolute Gasteiger partial charge is 0.123 e. The molecule has 1 rings (SSSR count). The largest absolute Gasteiger partial charge is 0.207 e. The number of benzene rings is 1. The van der Waals surface area contributed by atoms with Crippen molar-refractivity contribution in [1.82, 2.24) is 0 Å². The summed E-state index contributed by atoms with van der Waals surface area (Å²) in [5, 5.41) is 0. The van der Waals surface area contributed by atoms with Crippen LogP contribution in [0.2, 0.25) is 0 Å². The van der Waals surface area contributed by atoms with E-state index in [4.69, 9.17) is 0 Å². The molecule has 0 N–H and O–H groups in total. The predicted octanol–water partition coefficient (Wildman–Crippen LogP) is 7.05. The minimum absolute atomic E-state index is 0.149. The van der Waals surface area contributed by atoms with Crippen molar-refractivity contribution in [2.45, 2.75) is 82.4 Å². The monoisotopic (exact) mass is 356 g/mol. The van der Waals surface area contributed by atoms with Gasteiger partial charge in [-0.15, -0.1) is 0 Å². The number of rotatable bonds is 12. The van der Waals surface area contributed by atoms with Crippen LogP contribution in [0.25, 0.3) is 0 Å². The Kier molecular flexibility index (Phi) is 10.9. The zero-order chi connectivity index (χ0) is 15.3. The molecule has 1 aromatic rings. The van der Waals surface area contributed by atoms with Gasteiger partial charge in [0.1, 0.15) is 5.82 Å². The van der Waals surface area contributed by atoms with E-state index in [-0.39, 0.29) is 5.82 Å². The second-order valence-electron chi connectivity index (χ2n) is 6.04. The summed E-state index contributed by atoms with van der Waals surface area (Å²) < 4.78 is 12.8. The van der Waals surface area contributed by atoms with Gasteiger partial charge in [-0.05, 0) is 30.5 Å². The first kappa shape index (κ1) is 18.7. The lowest BCUT2D eigenvalue weighted by molar-refractivity contribution is 0.553. The van der Waals surface area contributed by atoms with E-state index < -0.39 is 0 Å². The fraction of sp³-hybridized carbons (Fsp3) is 0.684. The van der Waals surface area contributed by atoms with Gasteiger partial charge in [0.05, 0.1) is 0 Å². The second kappa shape index (κ2) is 12.2. The maximum atomic E-state index is 12.8. The van der Waals surface area contributed by atoms with Gasteiger partial charge in [-0.25, -0.2) is 4.39 Å². The van der Waals surface area contributed by atoms with Crippen LogP contribution in [0.3, 0.4) is 0 Å². The van der Waals surface area contributed by atoms with Gasteiger partial charge >= 0.3 is 0 Å². The summed E-state index contributed by atoms with van der Waals surface area (Å²) in [7, 11) is 0. The molecule has 0 spiro atoms. The molecule has 0 saturated heterocycles. The highest BCUT2D eigenvalue weighted by Gasteiger charge is 2.05. The first-order valence-electron chi connectivity index (χ1n) is 8.61. The third-order valence-electron chi connectivity index (χ3n) is 3.99. The van der Waals surface area contributed by atoms with E-state index in [1.165, 1.54) is 69.8 Å². The Morgan fingerprint density at radius 1 is 0.857 bits per heavy atom. The topological polar surface area (TPSA) is 0 Å². The van der Waals surface area contributed by atoms with Crippen molar-refractivity contribution in [3.05, 3.63) is 35.6 Å². The molecule has 0 heterocycles. The van der Waals surface area contributed by atoms with E-state index in [1.54, 1.807) is 12.1 Å². The van der Waals surface area contributed by atoms with Crippen molar-refractivity contribution >= 4 is 15.9 Å². The fourth-order valence-electron chi connectivity index (χ4n) is 2.65. The van der Waals surface area contributed by atoms with Crippen LogP contribution < -0.4 is 0 Å². The van der Waals surface area contributed by atoms with Crippen molar-refractivity contribution in [3.63, 3.8) is 0 Å². The van der Waals surface area contributed by atoms with Gasteiger partial charge in [0.25, 0.3) is 0 Å². The van der Waals surface area contributed by atoms with E-state index >= 15 is 0 Å². The van der Waals surface area contributed by atoms with Crippen LogP contribution >= 0.6 is 15.9 Å². The summed E-state index contributed by atoms with van der Waals surface area (Å²) in [6.45, 7) is 2.27.